The van der Waals surface area contributed by atoms with Crippen molar-refractivity contribution in [1.82, 2.24) is 14.3 Å². The topological polar surface area (TPSA) is 79.3 Å². The zero-order valence-corrected chi connectivity index (χ0v) is 16.8. The summed E-state index contributed by atoms with van der Waals surface area (Å²) in [5.41, 5.74) is 2.23. The van der Waals surface area contributed by atoms with Crippen molar-refractivity contribution in [3.63, 3.8) is 0 Å². The van der Waals surface area contributed by atoms with Crippen LogP contribution in [0.2, 0.25) is 0 Å². The number of hydrogen-bond acceptors (Lipinski definition) is 5. The number of hydrogen-bond donors (Lipinski definition) is 0. The van der Waals surface area contributed by atoms with Gasteiger partial charge in [0.25, 0.3) is 5.91 Å². The molecule has 6 rings (SSSR count). The molecule has 3 aliphatic rings. The number of aromatic nitrogens is 3. The summed E-state index contributed by atoms with van der Waals surface area (Å²) >= 11 is 0. The minimum Gasteiger partial charge on any atom is -0.376 e. The van der Waals surface area contributed by atoms with Gasteiger partial charge in [-0.2, -0.15) is 4.57 Å². The van der Waals surface area contributed by atoms with Gasteiger partial charge in [0.2, 0.25) is 0 Å². The van der Waals surface area contributed by atoms with Gasteiger partial charge in [-0.05, 0) is 68.7 Å². The normalized spacial score (nSPS) is 29.8. The van der Waals surface area contributed by atoms with Crippen LogP contribution in [0.4, 0.5) is 0 Å². The van der Waals surface area contributed by atoms with E-state index in [1.165, 1.54) is 5.56 Å². The smallest absolute Gasteiger partial charge is 0.376 e. The molecular weight excluding hydrogens is 370 g/mol. The molecular formula is C22H23N3O4. The maximum atomic E-state index is 13.1. The van der Waals surface area contributed by atoms with Crippen LogP contribution in [-0.4, -0.2) is 32.4 Å². The highest BCUT2D eigenvalue weighted by molar-refractivity contribution is 6.02. The molecule has 2 fully saturated rings. The highest BCUT2D eigenvalue weighted by Crippen LogP contribution is 2.57. The highest BCUT2D eigenvalue weighted by Gasteiger charge is 2.62. The van der Waals surface area contributed by atoms with Crippen LogP contribution >= 0.6 is 0 Å². The van der Waals surface area contributed by atoms with Crippen LogP contribution in [0.15, 0.2) is 33.6 Å². The fraction of sp³-hybridized carbons (Fsp3) is 0.500. The molecule has 150 valence electrons. The van der Waals surface area contributed by atoms with Gasteiger partial charge in [-0.3, -0.25) is 9.32 Å². The summed E-state index contributed by atoms with van der Waals surface area (Å²) in [6.45, 7) is 7.16. The summed E-state index contributed by atoms with van der Waals surface area (Å²) in [5.74, 6) is 0.0787. The molecule has 7 heteroatoms. The fourth-order valence-electron chi connectivity index (χ4n) is 5.54. The van der Waals surface area contributed by atoms with Crippen molar-refractivity contribution in [3.8, 4) is 0 Å². The molecule has 4 heterocycles. The molecule has 1 spiro atoms. The lowest BCUT2D eigenvalue weighted by atomic mass is 9.83. The minimum absolute atomic E-state index is 0.120. The average Bonchev–Trinajstić information content (AvgIpc) is 3.02. The van der Waals surface area contributed by atoms with E-state index in [0.717, 1.165) is 41.3 Å². The van der Waals surface area contributed by atoms with Crippen LogP contribution in [0.25, 0.3) is 10.9 Å². The van der Waals surface area contributed by atoms with Crippen LogP contribution < -0.4 is 5.76 Å². The predicted molar refractivity (Wildman–Crippen MR) is 105 cm³/mol. The maximum Gasteiger partial charge on any atom is 0.448 e. The Kier molecular flexibility index (Phi) is 3.13. The summed E-state index contributed by atoms with van der Waals surface area (Å²) in [6, 6.07) is 8.41. The number of carbonyl (C=O) groups is 1. The van der Waals surface area contributed by atoms with Gasteiger partial charge in [0, 0.05) is 17.5 Å². The van der Waals surface area contributed by atoms with Gasteiger partial charge in [-0.1, -0.05) is 18.1 Å². The molecule has 1 saturated carbocycles. The number of carbonyl (C=O) groups excluding carboxylic acids is 1. The largest absolute Gasteiger partial charge is 0.448 e. The van der Waals surface area contributed by atoms with Gasteiger partial charge in [0.1, 0.15) is 11.2 Å². The van der Waals surface area contributed by atoms with Gasteiger partial charge >= 0.3 is 5.76 Å². The quantitative estimate of drug-likeness (QED) is 0.634. The first-order chi connectivity index (χ1) is 13.8. The van der Waals surface area contributed by atoms with Crippen molar-refractivity contribution in [2.24, 2.45) is 5.92 Å². The van der Waals surface area contributed by atoms with Crippen LogP contribution in [0.1, 0.15) is 67.8 Å². The first kappa shape index (κ1) is 17.2. The van der Waals surface area contributed by atoms with E-state index >= 15 is 0 Å². The number of fused-ring (bicyclic) bond motifs is 6. The Hall–Kier alpha value is -2.67. The second kappa shape index (κ2) is 5.27. The second-order valence-corrected chi connectivity index (χ2v) is 9.42. The number of ether oxygens (including phenoxy) is 1. The number of benzene rings is 1. The van der Waals surface area contributed by atoms with E-state index in [1.54, 1.807) is 0 Å². The second-order valence-electron chi connectivity index (χ2n) is 9.42. The van der Waals surface area contributed by atoms with E-state index < -0.39 is 11.3 Å². The van der Waals surface area contributed by atoms with Crippen molar-refractivity contribution in [2.45, 2.75) is 57.1 Å². The summed E-state index contributed by atoms with van der Waals surface area (Å²) in [5, 5.41) is 5.02. The average molecular weight is 393 g/mol. The summed E-state index contributed by atoms with van der Waals surface area (Å²) in [7, 11) is 0. The molecule has 1 aromatic carbocycles. The molecule has 2 aromatic heterocycles. The first-order valence-corrected chi connectivity index (χ1v) is 10.3. The third kappa shape index (κ3) is 2.14. The lowest BCUT2D eigenvalue weighted by Gasteiger charge is -2.35. The van der Waals surface area contributed by atoms with E-state index in [2.05, 4.69) is 48.7 Å². The van der Waals surface area contributed by atoms with E-state index in [9.17, 15) is 9.59 Å². The molecule has 0 amide bonds. The molecule has 0 radical (unpaired) electrons. The monoisotopic (exact) mass is 393 g/mol. The van der Waals surface area contributed by atoms with Gasteiger partial charge < -0.3 is 9.30 Å². The van der Waals surface area contributed by atoms with Gasteiger partial charge in [-0.15, -0.1) is 0 Å². The van der Waals surface area contributed by atoms with E-state index in [1.807, 2.05) is 6.07 Å². The Morgan fingerprint density at radius 1 is 1.17 bits per heavy atom. The van der Waals surface area contributed by atoms with Crippen LogP contribution in [0, 0.1) is 5.92 Å². The van der Waals surface area contributed by atoms with Crippen molar-refractivity contribution in [1.29, 1.82) is 0 Å². The Bertz CT molecular complexity index is 1250. The highest BCUT2D eigenvalue weighted by atomic mass is 16.5. The molecule has 29 heavy (non-hydrogen) atoms. The van der Waals surface area contributed by atoms with Crippen molar-refractivity contribution in [2.75, 3.05) is 6.61 Å². The molecule has 3 aromatic rings. The van der Waals surface area contributed by atoms with E-state index in [4.69, 9.17) is 9.26 Å². The lowest BCUT2D eigenvalue weighted by Crippen LogP contribution is -2.40. The van der Waals surface area contributed by atoms with Crippen molar-refractivity contribution in [3.05, 3.63) is 51.9 Å². The van der Waals surface area contributed by atoms with Crippen molar-refractivity contribution < 1.29 is 14.1 Å². The Labute approximate surface area is 167 Å². The van der Waals surface area contributed by atoms with Gasteiger partial charge in [-0.25, -0.2) is 4.79 Å². The third-order valence-electron chi connectivity index (χ3n) is 7.08. The van der Waals surface area contributed by atoms with Crippen LogP contribution in [0.3, 0.4) is 0 Å². The van der Waals surface area contributed by atoms with Gasteiger partial charge in [0.05, 0.1) is 5.60 Å². The summed E-state index contributed by atoms with van der Waals surface area (Å²) in [4.78, 5) is 25.2. The lowest BCUT2D eigenvalue weighted by molar-refractivity contribution is -0.0592. The SMILES string of the molecule is C[C@H]1C[C@@]12c1noc(=O)n1C(=O)c1cc3cc([C@H]4CCOC(C)(C)C4)ccc3n12. The summed E-state index contributed by atoms with van der Waals surface area (Å²) < 4.78 is 13.9. The maximum absolute atomic E-state index is 13.1. The third-order valence-corrected chi connectivity index (χ3v) is 7.08. The van der Waals surface area contributed by atoms with Crippen molar-refractivity contribution >= 4 is 16.8 Å². The Balaban J connectivity index is 1.52. The molecule has 0 unspecified atom stereocenters. The molecule has 1 aliphatic carbocycles. The minimum atomic E-state index is -0.704. The fourth-order valence-corrected chi connectivity index (χ4v) is 5.54. The van der Waals surface area contributed by atoms with E-state index in [-0.39, 0.29) is 17.4 Å². The van der Waals surface area contributed by atoms with E-state index in [0.29, 0.717) is 17.4 Å². The molecule has 7 nitrogen and oxygen atoms in total. The Morgan fingerprint density at radius 3 is 2.69 bits per heavy atom. The standard InChI is InChI=1S/C22H23N3O4/c1-12-10-22(12)19-23-29-20(27)24(19)18(26)17-9-15-8-13(4-5-16(15)25(17)22)14-6-7-28-21(2,3)11-14/h4-5,8-9,12,14H,6-7,10-11H2,1-3H3/t12-,14-,22-/m0/s1. The zero-order chi connectivity index (χ0) is 20.1. The predicted octanol–water partition coefficient (Wildman–Crippen LogP) is 3.25. The summed E-state index contributed by atoms with van der Waals surface area (Å²) in [6.07, 6.45) is 2.81. The zero-order valence-electron chi connectivity index (χ0n) is 16.8. The number of nitrogens with zero attached hydrogens (tertiary/aromatic N) is 3. The molecule has 1 saturated heterocycles. The van der Waals surface area contributed by atoms with Crippen LogP contribution in [0.5, 0.6) is 0 Å². The molecule has 0 bridgehead atoms. The first-order valence-electron chi connectivity index (χ1n) is 10.3. The molecule has 2 aliphatic heterocycles. The molecule has 3 atom stereocenters. The van der Waals surface area contributed by atoms with Gasteiger partial charge in [0.15, 0.2) is 5.82 Å². The number of rotatable bonds is 1. The Morgan fingerprint density at radius 2 is 1.97 bits per heavy atom. The van der Waals surface area contributed by atoms with Crippen LogP contribution in [-0.2, 0) is 10.3 Å². The molecule has 0 N–H and O–H groups in total.